The van der Waals surface area contributed by atoms with Gasteiger partial charge in [0.25, 0.3) is 0 Å². The molecule has 0 aliphatic heterocycles. The van der Waals surface area contributed by atoms with Crippen LogP contribution < -0.4 is 5.32 Å². The van der Waals surface area contributed by atoms with E-state index in [0.717, 1.165) is 11.5 Å². The number of nitrogens with zero attached hydrogens (tertiary/aromatic N) is 3. The minimum Gasteiger partial charge on any atom is -0.325 e. The maximum atomic E-state index is 12.4. The number of aryl methyl sites for hydroxylation is 1. The van der Waals surface area contributed by atoms with Gasteiger partial charge in [-0.15, -0.1) is 10.2 Å². The fourth-order valence-electron chi connectivity index (χ4n) is 2.28. The second kappa shape index (κ2) is 7.72. The SMILES string of the molecule is Cc1nnc(S[C@@H](C)C(=O)Nc2ccc(Cl)cc2)n1-c1ccccc1. The van der Waals surface area contributed by atoms with Crippen molar-refractivity contribution in [3.8, 4) is 5.69 Å². The van der Waals surface area contributed by atoms with Crippen molar-refractivity contribution < 1.29 is 4.79 Å². The Balaban J connectivity index is 1.74. The van der Waals surface area contributed by atoms with Crippen LogP contribution in [0.15, 0.2) is 59.8 Å². The molecule has 1 N–H and O–H groups in total. The number of rotatable bonds is 5. The Bertz CT molecular complexity index is 865. The fourth-order valence-corrected chi connectivity index (χ4v) is 3.32. The zero-order valence-electron chi connectivity index (χ0n) is 13.8. The molecule has 0 saturated heterocycles. The Labute approximate surface area is 155 Å². The van der Waals surface area contributed by atoms with E-state index in [1.165, 1.54) is 11.8 Å². The molecule has 0 bridgehead atoms. The van der Waals surface area contributed by atoms with Crippen LogP contribution >= 0.6 is 23.4 Å². The molecule has 1 amide bonds. The van der Waals surface area contributed by atoms with Crippen molar-refractivity contribution in [3.63, 3.8) is 0 Å². The third-order valence-electron chi connectivity index (χ3n) is 3.57. The summed E-state index contributed by atoms with van der Waals surface area (Å²) in [6.07, 6.45) is 0. The molecular formula is C18H17ClN4OS. The highest BCUT2D eigenvalue weighted by Gasteiger charge is 2.20. The van der Waals surface area contributed by atoms with E-state index in [9.17, 15) is 4.79 Å². The predicted octanol–water partition coefficient (Wildman–Crippen LogP) is 4.35. The van der Waals surface area contributed by atoms with Gasteiger partial charge >= 0.3 is 0 Å². The minimum atomic E-state index is -0.332. The van der Waals surface area contributed by atoms with Crippen molar-refractivity contribution in [3.05, 3.63) is 65.4 Å². The van der Waals surface area contributed by atoms with Crippen LogP contribution in [0.3, 0.4) is 0 Å². The number of benzene rings is 2. The number of carbonyl (C=O) groups is 1. The Kier molecular flexibility index (Phi) is 5.40. The molecule has 25 heavy (non-hydrogen) atoms. The number of anilines is 1. The van der Waals surface area contributed by atoms with Crippen LogP contribution in [0.1, 0.15) is 12.7 Å². The number of hydrogen-bond acceptors (Lipinski definition) is 4. The van der Waals surface area contributed by atoms with Gasteiger partial charge in [0, 0.05) is 16.4 Å². The van der Waals surface area contributed by atoms with E-state index in [4.69, 9.17) is 11.6 Å². The maximum absolute atomic E-state index is 12.4. The van der Waals surface area contributed by atoms with Gasteiger partial charge in [-0.25, -0.2) is 0 Å². The lowest BCUT2D eigenvalue weighted by molar-refractivity contribution is -0.115. The molecule has 1 atom stereocenters. The summed E-state index contributed by atoms with van der Waals surface area (Å²) in [7, 11) is 0. The van der Waals surface area contributed by atoms with Crippen molar-refractivity contribution in [1.29, 1.82) is 0 Å². The van der Waals surface area contributed by atoms with E-state index in [1.807, 2.05) is 48.7 Å². The lowest BCUT2D eigenvalue weighted by atomic mass is 10.3. The normalized spacial score (nSPS) is 12.0. The van der Waals surface area contributed by atoms with Crippen LogP contribution in [0.2, 0.25) is 5.02 Å². The second-order valence-corrected chi connectivity index (χ2v) is 7.20. The highest BCUT2D eigenvalue weighted by Crippen LogP contribution is 2.26. The first kappa shape index (κ1) is 17.5. The summed E-state index contributed by atoms with van der Waals surface area (Å²) in [6, 6.07) is 16.9. The van der Waals surface area contributed by atoms with Crippen LogP contribution in [-0.2, 0) is 4.79 Å². The first-order valence-electron chi connectivity index (χ1n) is 7.75. The molecule has 0 aliphatic rings. The number of para-hydroxylation sites is 1. The van der Waals surface area contributed by atoms with Gasteiger partial charge in [-0.05, 0) is 50.2 Å². The van der Waals surface area contributed by atoms with Gasteiger partial charge in [-0.1, -0.05) is 41.6 Å². The van der Waals surface area contributed by atoms with Crippen LogP contribution in [0, 0.1) is 6.92 Å². The molecule has 0 fully saturated rings. The number of nitrogens with one attached hydrogen (secondary N) is 1. The number of amides is 1. The molecule has 128 valence electrons. The van der Waals surface area contributed by atoms with E-state index in [-0.39, 0.29) is 11.2 Å². The first-order chi connectivity index (χ1) is 12.0. The summed E-state index contributed by atoms with van der Waals surface area (Å²) >= 11 is 7.23. The average Bonchev–Trinajstić information content (AvgIpc) is 2.98. The van der Waals surface area contributed by atoms with E-state index >= 15 is 0 Å². The maximum Gasteiger partial charge on any atom is 0.237 e. The van der Waals surface area contributed by atoms with Gasteiger partial charge in [-0.3, -0.25) is 9.36 Å². The number of aromatic nitrogens is 3. The molecule has 1 aromatic heterocycles. The Hall–Kier alpha value is -2.31. The standard InChI is InChI=1S/C18H17ClN4OS/c1-12(17(24)20-15-10-8-14(19)9-11-15)25-18-22-21-13(2)23(18)16-6-4-3-5-7-16/h3-12H,1-2H3,(H,20,24)/t12-/m0/s1. The Morgan fingerprint density at radius 3 is 2.48 bits per heavy atom. The van der Waals surface area contributed by atoms with E-state index in [2.05, 4.69) is 15.5 Å². The van der Waals surface area contributed by atoms with Crippen molar-refractivity contribution in [1.82, 2.24) is 14.8 Å². The summed E-state index contributed by atoms with van der Waals surface area (Å²) < 4.78 is 1.94. The Morgan fingerprint density at radius 1 is 1.12 bits per heavy atom. The molecule has 0 spiro atoms. The zero-order valence-corrected chi connectivity index (χ0v) is 15.4. The van der Waals surface area contributed by atoms with Crippen LogP contribution in [0.4, 0.5) is 5.69 Å². The number of thioether (sulfide) groups is 1. The molecule has 0 unspecified atom stereocenters. The first-order valence-corrected chi connectivity index (χ1v) is 9.01. The summed E-state index contributed by atoms with van der Waals surface area (Å²) in [5.41, 5.74) is 1.68. The number of hydrogen-bond donors (Lipinski definition) is 1. The zero-order chi connectivity index (χ0) is 17.8. The molecule has 0 saturated carbocycles. The molecule has 3 rings (SSSR count). The van der Waals surface area contributed by atoms with Gasteiger partial charge in [0.1, 0.15) is 5.82 Å². The molecular weight excluding hydrogens is 356 g/mol. The molecule has 0 radical (unpaired) electrons. The molecule has 7 heteroatoms. The van der Waals surface area contributed by atoms with Gasteiger partial charge in [0.05, 0.1) is 5.25 Å². The topological polar surface area (TPSA) is 59.8 Å². The highest BCUT2D eigenvalue weighted by atomic mass is 35.5. The third-order valence-corrected chi connectivity index (χ3v) is 4.87. The van der Waals surface area contributed by atoms with E-state index < -0.39 is 0 Å². The fraction of sp³-hybridized carbons (Fsp3) is 0.167. The molecule has 5 nitrogen and oxygen atoms in total. The summed E-state index contributed by atoms with van der Waals surface area (Å²) in [4.78, 5) is 12.4. The Morgan fingerprint density at radius 2 is 1.80 bits per heavy atom. The third kappa shape index (κ3) is 4.21. The van der Waals surface area contributed by atoms with Gasteiger partial charge in [-0.2, -0.15) is 0 Å². The van der Waals surface area contributed by atoms with Crippen LogP contribution in [-0.4, -0.2) is 25.9 Å². The van der Waals surface area contributed by atoms with Gasteiger partial charge in [0.15, 0.2) is 5.16 Å². The second-order valence-electron chi connectivity index (χ2n) is 5.46. The van der Waals surface area contributed by atoms with Crippen molar-refractivity contribution in [2.45, 2.75) is 24.3 Å². The van der Waals surface area contributed by atoms with Crippen LogP contribution in [0.25, 0.3) is 5.69 Å². The van der Waals surface area contributed by atoms with Crippen LogP contribution in [0.5, 0.6) is 0 Å². The van der Waals surface area contributed by atoms with Crippen molar-refractivity contribution in [2.24, 2.45) is 0 Å². The quantitative estimate of drug-likeness (QED) is 0.676. The van der Waals surface area contributed by atoms with Gasteiger partial charge < -0.3 is 5.32 Å². The monoisotopic (exact) mass is 372 g/mol. The molecule has 2 aromatic carbocycles. The summed E-state index contributed by atoms with van der Waals surface area (Å²) in [5.74, 6) is 0.673. The lowest BCUT2D eigenvalue weighted by Crippen LogP contribution is -2.22. The molecule has 3 aromatic rings. The summed E-state index contributed by atoms with van der Waals surface area (Å²) in [5, 5.41) is 12.2. The highest BCUT2D eigenvalue weighted by molar-refractivity contribution is 8.00. The molecule has 0 aliphatic carbocycles. The lowest BCUT2D eigenvalue weighted by Gasteiger charge is -2.13. The van der Waals surface area contributed by atoms with Gasteiger partial charge in [0.2, 0.25) is 5.91 Å². The number of halogens is 1. The average molecular weight is 373 g/mol. The van der Waals surface area contributed by atoms with E-state index in [0.29, 0.717) is 15.9 Å². The van der Waals surface area contributed by atoms with E-state index in [1.54, 1.807) is 24.3 Å². The minimum absolute atomic E-state index is 0.104. The summed E-state index contributed by atoms with van der Waals surface area (Å²) in [6.45, 7) is 3.73. The van der Waals surface area contributed by atoms with Crippen molar-refractivity contribution >= 4 is 35.0 Å². The molecule has 1 heterocycles. The van der Waals surface area contributed by atoms with Crippen molar-refractivity contribution in [2.75, 3.05) is 5.32 Å². The predicted molar refractivity (Wildman–Crippen MR) is 101 cm³/mol. The number of carbonyl (C=O) groups excluding carboxylic acids is 1. The largest absolute Gasteiger partial charge is 0.325 e. The smallest absolute Gasteiger partial charge is 0.237 e.